The summed E-state index contributed by atoms with van der Waals surface area (Å²) in [5.74, 6) is 1.58. The maximum atomic E-state index is 12.1. The molecule has 3 N–H and O–H groups in total. The Balaban J connectivity index is 1.85. The number of nitrogens with one attached hydrogen (secondary N) is 1. The smallest absolute Gasteiger partial charge is 0.237 e. The van der Waals surface area contributed by atoms with Gasteiger partial charge in [-0.1, -0.05) is 0 Å². The number of anilines is 1. The highest BCUT2D eigenvalue weighted by molar-refractivity contribution is 7.98. The number of hydrogen-bond donors (Lipinski definition) is 2. The van der Waals surface area contributed by atoms with Gasteiger partial charge in [0.2, 0.25) is 11.9 Å². The molecule has 1 aromatic heterocycles. The highest BCUT2D eigenvalue weighted by Gasteiger charge is 2.24. The fraction of sp³-hybridized carbons (Fsp3) is 0.643. The molecule has 116 valence electrons. The van der Waals surface area contributed by atoms with Crippen LogP contribution in [0.5, 0.6) is 0 Å². The van der Waals surface area contributed by atoms with E-state index in [1.54, 1.807) is 30.2 Å². The van der Waals surface area contributed by atoms with Crippen molar-refractivity contribution >= 4 is 23.6 Å². The lowest BCUT2D eigenvalue weighted by atomic mass is 10.1. The molecule has 0 spiro atoms. The summed E-state index contributed by atoms with van der Waals surface area (Å²) in [6.45, 7) is 1.67. The molecule has 1 saturated heterocycles. The van der Waals surface area contributed by atoms with Crippen molar-refractivity contribution in [3.05, 3.63) is 18.5 Å². The molecule has 0 radical (unpaired) electrons. The van der Waals surface area contributed by atoms with Crippen LogP contribution in [0, 0.1) is 0 Å². The minimum atomic E-state index is -0.416. The van der Waals surface area contributed by atoms with Gasteiger partial charge < -0.3 is 16.0 Å². The second-order valence-electron chi connectivity index (χ2n) is 5.23. The Kier molecular flexibility index (Phi) is 6.25. The van der Waals surface area contributed by atoms with Gasteiger partial charge in [-0.2, -0.15) is 11.8 Å². The van der Waals surface area contributed by atoms with E-state index in [-0.39, 0.29) is 11.9 Å². The summed E-state index contributed by atoms with van der Waals surface area (Å²) < 4.78 is 0. The highest BCUT2D eigenvalue weighted by atomic mass is 32.2. The Morgan fingerprint density at radius 1 is 1.57 bits per heavy atom. The van der Waals surface area contributed by atoms with Crippen molar-refractivity contribution in [3.8, 4) is 0 Å². The van der Waals surface area contributed by atoms with Crippen LogP contribution in [0.2, 0.25) is 0 Å². The van der Waals surface area contributed by atoms with Crippen molar-refractivity contribution < 1.29 is 4.79 Å². The third-order valence-electron chi connectivity index (χ3n) is 3.57. The van der Waals surface area contributed by atoms with Crippen LogP contribution in [0.1, 0.15) is 19.3 Å². The number of rotatable bonds is 6. The number of piperidine rings is 1. The third-order valence-corrected chi connectivity index (χ3v) is 4.22. The molecule has 0 aromatic carbocycles. The number of carbonyl (C=O) groups excluding carboxylic acids is 1. The first-order valence-electron chi connectivity index (χ1n) is 7.27. The van der Waals surface area contributed by atoms with Crippen LogP contribution < -0.4 is 16.0 Å². The van der Waals surface area contributed by atoms with Crippen molar-refractivity contribution in [2.45, 2.75) is 31.3 Å². The molecule has 7 heteroatoms. The van der Waals surface area contributed by atoms with E-state index < -0.39 is 6.04 Å². The number of aromatic nitrogens is 2. The quantitative estimate of drug-likeness (QED) is 0.802. The summed E-state index contributed by atoms with van der Waals surface area (Å²) in [5, 5.41) is 3.06. The van der Waals surface area contributed by atoms with Gasteiger partial charge in [0, 0.05) is 31.5 Å². The van der Waals surface area contributed by atoms with Crippen molar-refractivity contribution in [2.75, 3.05) is 30.0 Å². The fourth-order valence-electron chi connectivity index (χ4n) is 2.42. The Bertz CT molecular complexity index is 444. The number of thioether (sulfide) groups is 1. The van der Waals surface area contributed by atoms with Crippen LogP contribution in [0.3, 0.4) is 0 Å². The first-order chi connectivity index (χ1) is 10.2. The molecule has 6 nitrogen and oxygen atoms in total. The van der Waals surface area contributed by atoms with Gasteiger partial charge in [0.05, 0.1) is 6.04 Å². The van der Waals surface area contributed by atoms with Gasteiger partial charge in [-0.05, 0) is 37.3 Å². The van der Waals surface area contributed by atoms with Gasteiger partial charge in [0.1, 0.15) is 0 Å². The van der Waals surface area contributed by atoms with Crippen molar-refractivity contribution in [1.29, 1.82) is 0 Å². The van der Waals surface area contributed by atoms with Crippen molar-refractivity contribution in [1.82, 2.24) is 15.3 Å². The SMILES string of the molecule is CSCC[C@@H](N)C(=O)NC1CCCN(c2ncccn2)C1. The van der Waals surface area contributed by atoms with Crippen molar-refractivity contribution in [2.24, 2.45) is 5.73 Å². The zero-order valence-electron chi connectivity index (χ0n) is 12.4. The first-order valence-corrected chi connectivity index (χ1v) is 8.67. The largest absolute Gasteiger partial charge is 0.350 e. The topological polar surface area (TPSA) is 84.1 Å². The van der Waals surface area contributed by atoms with Gasteiger partial charge in [0.25, 0.3) is 0 Å². The number of amides is 1. The lowest BCUT2D eigenvalue weighted by Gasteiger charge is -2.33. The molecule has 1 aliphatic rings. The average Bonchev–Trinajstić information content (AvgIpc) is 2.53. The number of hydrogen-bond acceptors (Lipinski definition) is 6. The van der Waals surface area contributed by atoms with Crippen LogP contribution in [-0.4, -0.2) is 53.1 Å². The van der Waals surface area contributed by atoms with E-state index in [1.807, 2.05) is 6.26 Å². The Hall–Kier alpha value is -1.34. The standard InChI is InChI=1S/C14H23N5OS/c1-21-9-5-12(15)13(20)18-11-4-2-8-19(10-11)14-16-6-3-7-17-14/h3,6-7,11-12H,2,4-5,8-10,15H2,1H3,(H,18,20)/t11?,12-/m1/s1. The summed E-state index contributed by atoms with van der Waals surface area (Å²) in [6.07, 6.45) is 8.20. The van der Waals surface area contributed by atoms with Crippen LogP contribution in [0.4, 0.5) is 5.95 Å². The van der Waals surface area contributed by atoms with Gasteiger partial charge in [0.15, 0.2) is 0 Å². The van der Waals surface area contributed by atoms with E-state index in [2.05, 4.69) is 20.2 Å². The van der Waals surface area contributed by atoms with E-state index in [4.69, 9.17) is 5.73 Å². The van der Waals surface area contributed by atoms with Crippen molar-refractivity contribution in [3.63, 3.8) is 0 Å². The molecule has 0 saturated carbocycles. The predicted molar refractivity (Wildman–Crippen MR) is 86.4 cm³/mol. The summed E-state index contributed by atoms with van der Waals surface area (Å²) in [4.78, 5) is 22.7. The minimum Gasteiger partial charge on any atom is -0.350 e. The monoisotopic (exact) mass is 309 g/mol. The molecule has 1 fully saturated rings. The van der Waals surface area contributed by atoms with Crippen LogP contribution in [-0.2, 0) is 4.79 Å². The highest BCUT2D eigenvalue weighted by Crippen LogP contribution is 2.15. The lowest BCUT2D eigenvalue weighted by molar-refractivity contribution is -0.123. The molecule has 2 heterocycles. The molecule has 2 atom stereocenters. The van der Waals surface area contributed by atoms with Crippen LogP contribution in [0.25, 0.3) is 0 Å². The molecular formula is C14H23N5OS. The van der Waals surface area contributed by atoms with Crippen LogP contribution in [0.15, 0.2) is 18.5 Å². The van der Waals surface area contributed by atoms with Gasteiger partial charge in [-0.25, -0.2) is 9.97 Å². The molecule has 1 aromatic rings. The Labute approximate surface area is 129 Å². The number of nitrogens with two attached hydrogens (primary N) is 1. The molecule has 1 aliphatic heterocycles. The minimum absolute atomic E-state index is 0.0510. The summed E-state index contributed by atoms with van der Waals surface area (Å²) in [6, 6.07) is 1.51. The molecule has 1 unspecified atom stereocenters. The Morgan fingerprint density at radius 3 is 3.05 bits per heavy atom. The predicted octanol–water partition coefficient (Wildman–Crippen LogP) is 0.642. The number of carbonyl (C=O) groups is 1. The average molecular weight is 309 g/mol. The van der Waals surface area contributed by atoms with E-state index >= 15 is 0 Å². The summed E-state index contributed by atoms with van der Waals surface area (Å²) in [5.41, 5.74) is 5.90. The zero-order valence-corrected chi connectivity index (χ0v) is 13.2. The maximum Gasteiger partial charge on any atom is 0.237 e. The van der Waals surface area contributed by atoms with E-state index in [0.29, 0.717) is 6.42 Å². The molecule has 0 bridgehead atoms. The molecular weight excluding hydrogens is 286 g/mol. The van der Waals surface area contributed by atoms with E-state index in [0.717, 1.165) is 37.6 Å². The van der Waals surface area contributed by atoms with E-state index in [1.165, 1.54) is 0 Å². The molecule has 2 rings (SSSR count). The van der Waals surface area contributed by atoms with Gasteiger partial charge >= 0.3 is 0 Å². The summed E-state index contributed by atoms with van der Waals surface area (Å²) in [7, 11) is 0. The van der Waals surface area contributed by atoms with Gasteiger partial charge in [-0.15, -0.1) is 0 Å². The fourth-order valence-corrected chi connectivity index (χ4v) is 2.90. The molecule has 21 heavy (non-hydrogen) atoms. The molecule has 0 aliphatic carbocycles. The normalized spacial score (nSPS) is 20.1. The third kappa shape index (κ3) is 4.86. The Morgan fingerprint density at radius 2 is 2.33 bits per heavy atom. The second-order valence-corrected chi connectivity index (χ2v) is 6.22. The number of nitrogens with zero attached hydrogens (tertiary/aromatic N) is 3. The van der Waals surface area contributed by atoms with Crippen LogP contribution >= 0.6 is 11.8 Å². The molecule has 1 amide bonds. The second kappa shape index (κ2) is 8.19. The lowest BCUT2D eigenvalue weighted by Crippen LogP contribution is -2.52. The van der Waals surface area contributed by atoms with E-state index in [9.17, 15) is 4.79 Å². The van der Waals surface area contributed by atoms with Gasteiger partial charge in [-0.3, -0.25) is 4.79 Å². The zero-order chi connectivity index (χ0) is 15.1. The maximum absolute atomic E-state index is 12.1. The first kappa shape index (κ1) is 16.0. The summed E-state index contributed by atoms with van der Waals surface area (Å²) >= 11 is 1.71.